The zero-order chi connectivity index (χ0) is 14.1. The Labute approximate surface area is 124 Å². The third-order valence-electron chi connectivity index (χ3n) is 3.41. The molecule has 2 aromatic carbocycles. The molecule has 20 heavy (non-hydrogen) atoms. The van der Waals surface area contributed by atoms with E-state index in [2.05, 4.69) is 32.6 Å². The van der Waals surface area contributed by atoms with E-state index in [1.54, 1.807) is 0 Å². The SMILES string of the molecule is Fc1cc(F)c(NCc2cccc3c2NCC3)cc1Br. The molecule has 1 aliphatic rings. The molecule has 1 heterocycles. The van der Waals surface area contributed by atoms with Gasteiger partial charge in [0.05, 0.1) is 10.2 Å². The van der Waals surface area contributed by atoms with Crippen LogP contribution in [0.1, 0.15) is 11.1 Å². The summed E-state index contributed by atoms with van der Waals surface area (Å²) in [7, 11) is 0. The first kappa shape index (κ1) is 13.4. The molecule has 3 rings (SSSR count). The van der Waals surface area contributed by atoms with Gasteiger partial charge in [0.25, 0.3) is 0 Å². The lowest BCUT2D eigenvalue weighted by Crippen LogP contribution is -2.05. The van der Waals surface area contributed by atoms with E-state index in [-0.39, 0.29) is 10.2 Å². The van der Waals surface area contributed by atoms with Crippen molar-refractivity contribution in [1.29, 1.82) is 0 Å². The number of para-hydroxylation sites is 1. The molecule has 1 aliphatic heterocycles. The van der Waals surface area contributed by atoms with Gasteiger partial charge < -0.3 is 10.6 Å². The van der Waals surface area contributed by atoms with Crippen LogP contribution in [0, 0.1) is 11.6 Å². The van der Waals surface area contributed by atoms with Crippen molar-refractivity contribution in [1.82, 2.24) is 0 Å². The number of nitrogens with one attached hydrogen (secondary N) is 2. The van der Waals surface area contributed by atoms with Crippen LogP contribution in [0.2, 0.25) is 0 Å². The molecular formula is C15H13BrF2N2. The summed E-state index contributed by atoms with van der Waals surface area (Å²) in [5.74, 6) is -1.19. The molecule has 0 bridgehead atoms. The predicted octanol–water partition coefficient (Wildman–Crippen LogP) is 4.31. The summed E-state index contributed by atoms with van der Waals surface area (Å²) in [5, 5.41) is 6.35. The van der Waals surface area contributed by atoms with Gasteiger partial charge in [-0.2, -0.15) is 0 Å². The molecule has 2 nitrogen and oxygen atoms in total. The minimum atomic E-state index is -0.602. The van der Waals surface area contributed by atoms with Crippen molar-refractivity contribution in [3.05, 3.63) is 57.6 Å². The van der Waals surface area contributed by atoms with Gasteiger partial charge in [0.2, 0.25) is 0 Å². The number of hydrogen-bond acceptors (Lipinski definition) is 2. The number of rotatable bonds is 3. The second-order valence-electron chi connectivity index (χ2n) is 4.73. The molecule has 5 heteroatoms. The third-order valence-corrected chi connectivity index (χ3v) is 4.02. The standard InChI is InChI=1S/C15H13BrF2N2/c16-11-6-14(13(18)7-12(11)17)20-8-10-3-1-2-9-4-5-19-15(9)10/h1-3,6-7,19-20H,4-5,8H2. The Kier molecular flexibility index (Phi) is 3.61. The molecular weight excluding hydrogens is 326 g/mol. The summed E-state index contributed by atoms with van der Waals surface area (Å²) >= 11 is 3.06. The fourth-order valence-corrected chi connectivity index (χ4v) is 2.75. The second-order valence-corrected chi connectivity index (χ2v) is 5.58. The fraction of sp³-hybridized carbons (Fsp3) is 0.200. The highest BCUT2D eigenvalue weighted by Crippen LogP contribution is 2.28. The van der Waals surface area contributed by atoms with E-state index in [0.29, 0.717) is 6.54 Å². The lowest BCUT2D eigenvalue weighted by Gasteiger charge is -2.12. The van der Waals surface area contributed by atoms with Crippen molar-refractivity contribution in [2.75, 3.05) is 17.2 Å². The maximum atomic E-state index is 13.7. The monoisotopic (exact) mass is 338 g/mol. The van der Waals surface area contributed by atoms with Crippen LogP contribution in [-0.4, -0.2) is 6.54 Å². The summed E-state index contributed by atoms with van der Waals surface area (Å²) in [6.07, 6.45) is 1.01. The number of anilines is 2. The lowest BCUT2D eigenvalue weighted by molar-refractivity contribution is 0.580. The maximum absolute atomic E-state index is 13.7. The largest absolute Gasteiger partial charge is 0.384 e. The molecule has 0 aromatic heterocycles. The fourth-order valence-electron chi connectivity index (χ4n) is 2.41. The molecule has 0 fully saturated rings. The first-order chi connectivity index (χ1) is 9.65. The maximum Gasteiger partial charge on any atom is 0.149 e. The van der Waals surface area contributed by atoms with E-state index in [1.807, 2.05) is 12.1 Å². The molecule has 0 aliphatic carbocycles. The molecule has 0 saturated carbocycles. The molecule has 104 valence electrons. The lowest BCUT2D eigenvalue weighted by atomic mass is 10.1. The van der Waals surface area contributed by atoms with Crippen molar-refractivity contribution < 1.29 is 8.78 Å². The minimum absolute atomic E-state index is 0.248. The second kappa shape index (κ2) is 5.40. The molecule has 2 N–H and O–H groups in total. The van der Waals surface area contributed by atoms with Crippen molar-refractivity contribution in [2.45, 2.75) is 13.0 Å². The van der Waals surface area contributed by atoms with Crippen LogP contribution in [0.3, 0.4) is 0 Å². The summed E-state index contributed by atoms with van der Waals surface area (Å²) in [5.41, 5.74) is 3.78. The zero-order valence-corrected chi connectivity index (χ0v) is 12.2. The van der Waals surface area contributed by atoms with E-state index >= 15 is 0 Å². The highest BCUT2D eigenvalue weighted by molar-refractivity contribution is 9.10. The number of halogens is 3. The number of hydrogen-bond donors (Lipinski definition) is 2. The average molecular weight is 339 g/mol. The molecule has 0 spiro atoms. The first-order valence-corrected chi connectivity index (χ1v) is 7.17. The van der Waals surface area contributed by atoms with Gasteiger partial charge in [-0.15, -0.1) is 0 Å². The van der Waals surface area contributed by atoms with Gasteiger partial charge in [-0.25, -0.2) is 8.78 Å². The van der Waals surface area contributed by atoms with E-state index in [1.165, 1.54) is 11.6 Å². The van der Waals surface area contributed by atoms with E-state index in [0.717, 1.165) is 30.3 Å². The number of fused-ring (bicyclic) bond motifs is 1. The molecule has 0 radical (unpaired) electrons. The Bertz CT molecular complexity index is 659. The van der Waals surface area contributed by atoms with E-state index in [4.69, 9.17) is 0 Å². The van der Waals surface area contributed by atoms with Gasteiger partial charge in [-0.05, 0) is 39.5 Å². The van der Waals surface area contributed by atoms with Crippen molar-refractivity contribution in [3.8, 4) is 0 Å². The van der Waals surface area contributed by atoms with Crippen molar-refractivity contribution in [3.63, 3.8) is 0 Å². The summed E-state index contributed by atoms with van der Waals surface area (Å²) < 4.78 is 27.1. The Morgan fingerprint density at radius 1 is 1.20 bits per heavy atom. The number of benzene rings is 2. The Morgan fingerprint density at radius 2 is 2.05 bits per heavy atom. The zero-order valence-electron chi connectivity index (χ0n) is 10.6. The van der Waals surface area contributed by atoms with E-state index < -0.39 is 11.6 Å². The highest BCUT2D eigenvalue weighted by Gasteiger charge is 2.14. The first-order valence-electron chi connectivity index (χ1n) is 6.38. The highest BCUT2D eigenvalue weighted by atomic mass is 79.9. The minimum Gasteiger partial charge on any atom is -0.384 e. The van der Waals surface area contributed by atoms with Gasteiger partial charge in [-0.1, -0.05) is 18.2 Å². The Balaban J connectivity index is 1.81. The van der Waals surface area contributed by atoms with Gasteiger partial charge >= 0.3 is 0 Å². The summed E-state index contributed by atoms with van der Waals surface area (Å²) in [6.45, 7) is 1.42. The van der Waals surface area contributed by atoms with Crippen LogP contribution >= 0.6 is 15.9 Å². The van der Waals surface area contributed by atoms with Crippen LogP contribution in [-0.2, 0) is 13.0 Å². The van der Waals surface area contributed by atoms with Crippen LogP contribution in [0.15, 0.2) is 34.8 Å². The van der Waals surface area contributed by atoms with Crippen molar-refractivity contribution >= 4 is 27.3 Å². The van der Waals surface area contributed by atoms with Gasteiger partial charge in [0.1, 0.15) is 11.6 Å². The van der Waals surface area contributed by atoms with Gasteiger partial charge in [0.15, 0.2) is 0 Å². The molecule has 0 unspecified atom stereocenters. The van der Waals surface area contributed by atoms with Crippen LogP contribution in [0.5, 0.6) is 0 Å². The van der Waals surface area contributed by atoms with Gasteiger partial charge in [-0.3, -0.25) is 0 Å². The average Bonchev–Trinajstić information content (AvgIpc) is 2.90. The predicted molar refractivity (Wildman–Crippen MR) is 80.0 cm³/mol. The van der Waals surface area contributed by atoms with Crippen LogP contribution in [0.25, 0.3) is 0 Å². The normalized spacial score (nSPS) is 12.9. The summed E-state index contributed by atoms with van der Waals surface area (Å²) in [6, 6.07) is 8.38. The van der Waals surface area contributed by atoms with Gasteiger partial charge in [0, 0.05) is 24.8 Å². The molecule has 2 aromatic rings. The molecule has 0 saturated heterocycles. The quantitative estimate of drug-likeness (QED) is 0.815. The summed E-state index contributed by atoms with van der Waals surface area (Å²) in [4.78, 5) is 0. The topological polar surface area (TPSA) is 24.1 Å². The Morgan fingerprint density at radius 3 is 2.90 bits per heavy atom. The molecule has 0 atom stereocenters. The van der Waals surface area contributed by atoms with Crippen LogP contribution in [0.4, 0.5) is 20.2 Å². The van der Waals surface area contributed by atoms with Crippen LogP contribution < -0.4 is 10.6 Å². The molecule has 0 amide bonds. The van der Waals surface area contributed by atoms with E-state index in [9.17, 15) is 8.78 Å². The van der Waals surface area contributed by atoms with Crippen molar-refractivity contribution in [2.24, 2.45) is 0 Å². The Hall–Kier alpha value is -1.62. The third kappa shape index (κ3) is 2.50. The smallest absolute Gasteiger partial charge is 0.149 e.